The molecule has 1 N–H and O–H groups in total. The fourth-order valence-electron chi connectivity index (χ4n) is 1.53. The van der Waals surface area contributed by atoms with Gasteiger partial charge in [0.05, 0.1) is 0 Å². The van der Waals surface area contributed by atoms with Crippen molar-refractivity contribution in [2.75, 3.05) is 6.54 Å². The minimum absolute atomic E-state index is 0.860. The SMILES string of the molecule is C=CCNCc1ccc(-c2ccccc2)s1. The fraction of sp³-hybridized carbons (Fsp3) is 0.143. The molecule has 0 saturated carbocycles. The van der Waals surface area contributed by atoms with Crippen LogP contribution in [0.5, 0.6) is 0 Å². The summed E-state index contributed by atoms with van der Waals surface area (Å²) in [6.07, 6.45) is 1.88. The molecule has 1 heterocycles. The molecule has 82 valence electrons. The molecule has 2 heteroatoms. The van der Waals surface area contributed by atoms with Crippen LogP contribution in [0.4, 0.5) is 0 Å². The van der Waals surface area contributed by atoms with Crippen molar-refractivity contribution in [1.82, 2.24) is 5.32 Å². The van der Waals surface area contributed by atoms with E-state index in [0.717, 1.165) is 13.1 Å². The molecule has 0 fully saturated rings. The van der Waals surface area contributed by atoms with Crippen molar-refractivity contribution >= 4 is 11.3 Å². The van der Waals surface area contributed by atoms with Gasteiger partial charge in [-0.25, -0.2) is 0 Å². The monoisotopic (exact) mass is 229 g/mol. The lowest BCUT2D eigenvalue weighted by Crippen LogP contribution is -2.11. The van der Waals surface area contributed by atoms with Gasteiger partial charge in [0.25, 0.3) is 0 Å². The number of benzene rings is 1. The quantitative estimate of drug-likeness (QED) is 0.609. The molecule has 1 nitrogen and oxygen atoms in total. The van der Waals surface area contributed by atoms with Crippen LogP contribution >= 0.6 is 11.3 Å². The van der Waals surface area contributed by atoms with Crippen LogP contribution in [-0.4, -0.2) is 6.54 Å². The summed E-state index contributed by atoms with van der Waals surface area (Å²) in [4.78, 5) is 2.69. The zero-order valence-electron chi connectivity index (χ0n) is 9.15. The molecule has 2 rings (SSSR count). The van der Waals surface area contributed by atoms with Crippen molar-refractivity contribution < 1.29 is 0 Å². The Morgan fingerprint density at radius 2 is 1.94 bits per heavy atom. The zero-order valence-corrected chi connectivity index (χ0v) is 9.96. The average molecular weight is 229 g/mol. The van der Waals surface area contributed by atoms with Gasteiger partial charge in [-0.15, -0.1) is 17.9 Å². The summed E-state index contributed by atoms with van der Waals surface area (Å²) in [7, 11) is 0. The van der Waals surface area contributed by atoms with Gasteiger partial charge in [-0.2, -0.15) is 0 Å². The van der Waals surface area contributed by atoms with Crippen LogP contribution in [0.25, 0.3) is 10.4 Å². The topological polar surface area (TPSA) is 12.0 Å². The molecule has 0 saturated heterocycles. The van der Waals surface area contributed by atoms with Crippen LogP contribution in [0.2, 0.25) is 0 Å². The van der Waals surface area contributed by atoms with E-state index >= 15 is 0 Å². The predicted molar refractivity (Wildman–Crippen MR) is 71.7 cm³/mol. The summed E-state index contributed by atoms with van der Waals surface area (Å²) < 4.78 is 0. The lowest BCUT2D eigenvalue weighted by atomic mass is 10.2. The van der Waals surface area contributed by atoms with Crippen LogP contribution in [0.15, 0.2) is 55.1 Å². The third kappa shape index (κ3) is 2.81. The first-order valence-electron chi connectivity index (χ1n) is 5.36. The summed E-state index contributed by atoms with van der Waals surface area (Å²) >= 11 is 1.84. The van der Waals surface area contributed by atoms with Crippen molar-refractivity contribution in [3.63, 3.8) is 0 Å². The zero-order chi connectivity index (χ0) is 11.2. The molecule has 0 aliphatic heterocycles. The third-order valence-electron chi connectivity index (χ3n) is 2.31. The highest BCUT2D eigenvalue weighted by atomic mass is 32.1. The Morgan fingerprint density at radius 3 is 2.69 bits per heavy atom. The minimum Gasteiger partial charge on any atom is -0.308 e. The maximum atomic E-state index is 3.69. The molecule has 0 aliphatic rings. The van der Waals surface area contributed by atoms with E-state index in [-0.39, 0.29) is 0 Å². The number of hydrogen-bond donors (Lipinski definition) is 1. The van der Waals surface area contributed by atoms with Crippen LogP contribution in [0, 0.1) is 0 Å². The molecule has 1 aromatic carbocycles. The van der Waals surface area contributed by atoms with Crippen LogP contribution in [0.3, 0.4) is 0 Å². The summed E-state index contributed by atoms with van der Waals surface area (Å²) in [5.74, 6) is 0. The Hall–Kier alpha value is -1.38. The molecule has 0 aliphatic carbocycles. The highest BCUT2D eigenvalue weighted by molar-refractivity contribution is 7.15. The molecule has 2 aromatic rings. The summed E-state index contributed by atoms with van der Waals surface area (Å²) in [5.41, 5.74) is 1.29. The van der Waals surface area contributed by atoms with Crippen LogP contribution in [0.1, 0.15) is 4.88 Å². The maximum Gasteiger partial charge on any atom is 0.0346 e. The van der Waals surface area contributed by atoms with Crippen molar-refractivity contribution in [1.29, 1.82) is 0 Å². The molecule has 0 spiro atoms. The number of nitrogens with one attached hydrogen (secondary N) is 1. The van der Waals surface area contributed by atoms with Gasteiger partial charge >= 0.3 is 0 Å². The lowest BCUT2D eigenvalue weighted by molar-refractivity contribution is 0.771. The maximum absolute atomic E-state index is 3.69. The molecule has 0 radical (unpaired) electrons. The van der Waals surface area contributed by atoms with Crippen molar-refractivity contribution in [2.24, 2.45) is 0 Å². The van der Waals surface area contributed by atoms with E-state index in [0.29, 0.717) is 0 Å². The third-order valence-corrected chi connectivity index (χ3v) is 3.44. The summed E-state index contributed by atoms with van der Waals surface area (Å²) in [6.45, 7) is 5.47. The van der Waals surface area contributed by atoms with Crippen molar-refractivity contribution in [3.8, 4) is 10.4 Å². The molecule has 16 heavy (non-hydrogen) atoms. The Labute approximate surface area is 100 Å². The lowest BCUT2D eigenvalue weighted by Gasteiger charge is -1.97. The molecule has 0 atom stereocenters. The normalized spacial score (nSPS) is 10.2. The van der Waals surface area contributed by atoms with E-state index in [2.05, 4.69) is 48.3 Å². The molecule has 0 unspecified atom stereocenters. The van der Waals surface area contributed by atoms with Gasteiger partial charge in [0.1, 0.15) is 0 Å². The highest BCUT2D eigenvalue weighted by Gasteiger charge is 2.01. The second-order valence-corrected chi connectivity index (χ2v) is 4.72. The van der Waals surface area contributed by atoms with E-state index in [1.807, 2.05) is 23.5 Å². The summed E-state index contributed by atoms with van der Waals surface area (Å²) in [6, 6.07) is 14.9. The Balaban J connectivity index is 2.05. The van der Waals surface area contributed by atoms with E-state index < -0.39 is 0 Å². The van der Waals surface area contributed by atoms with Crippen molar-refractivity contribution in [2.45, 2.75) is 6.54 Å². The second kappa shape index (κ2) is 5.64. The molecular formula is C14H15NS. The van der Waals surface area contributed by atoms with Crippen LogP contribution < -0.4 is 5.32 Å². The van der Waals surface area contributed by atoms with Gasteiger partial charge in [-0.1, -0.05) is 36.4 Å². The first kappa shape index (κ1) is 11.1. The Kier molecular flexibility index (Phi) is 3.91. The minimum atomic E-state index is 0.860. The molecule has 0 bridgehead atoms. The first-order valence-corrected chi connectivity index (χ1v) is 6.17. The fourth-order valence-corrected chi connectivity index (χ4v) is 2.51. The highest BCUT2D eigenvalue weighted by Crippen LogP contribution is 2.27. The molecule has 0 amide bonds. The number of thiophene rings is 1. The molecular weight excluding hydrogens is 214 g/mol. The van der Waals surface area contributed by atoms with E-state index in [4.69, 9.17) is 0 Å². The average Bonchev–Trinajstić information content (AvgIpc) is 2.79. The van der Waals surface area contributed by atoms with E-state index in [1.54, 1.807) is 0 Å². The van der Waals surface area contributed by atoms with Gasteiger partial charge < -0.3 is 5.32 Å². The summed E-state index contributed by atoms with van der Waals surface area (Å²) in [5, 5.41) is 3.31. The van der Waals surface area contributed by atoms with Gasteiger partial charge in [-0.3, -0.25) is 0 Å². The van der Waals surface area contributed by atoms with Gasteiger partial charge in [0.2, 0.25) is 0 Å². The number of hydrogen-bond acceptors (Lipinski definition) is 2. The Morgan fingerprint density at radius 1 is 1.12 bits per heavy atom. The van der Waals surface area contributed by atoms with Gasteiger partial charge in [-0.05, 0) is 17.7 Å². The van der Waals surface area contributed by atoms with Crippen molar-refractivity contribution in [3.05, 3.63) is 60.0 Å². The predicted octanol–water partition coefficient (Wildman–Crippen LogP) is 3.69. The number of rotatable bonds is 5. The first-order chi connectivity index (χ1) is 7.90. The van der Waals surface area contributed by atoms with E-state index in [1.165, 1.54) is 15.3 Å². The van der Waals surface area contributed by atoms with Gasteiger partial charge in [0, 0.05) is 22.8 Å². The largest absolute Gasteiger partial charge is 0.308 e. The molecule has 1 aromatic heterocycles. The Bertz CT molecular complexity index is 445. The van der Waals surface area contributed by atoms with Crippen LogP contribution in [-0.2, 0) is 6.54 Å². The van der Waals surface area contributed by atoms with Gasteiger partial charge in [0.15, 0.2) is 0 Å². The van der Waals surface area contributed by atoms with E-state index in [9.17, 15) is 0 Å². The standard InChI is InChI=1S/C14H15NS/c1-2-10-15-11-13-8-9-14(16-13)12-6-4-3-5-7-12/h2-9,15H,1,10-11H2. The second-order valence-electron chi connectivity index (χ2n) is 3.55. The smallest absolute Gasteiger partial charge is 0.0346 e.